The van der Waals surface area contributed by atoms with E-state index in [4.69, 9.17) is 16.3 Å². The predicted octanol–water partition coefficient (Wildman–Crippen LogP) is 2.70. The maximum absolute atomic E-state index is 12.8. The topological polar surface area (TPSA) is 78.5 Å². The molecule has 0 spiro atoms. The molecule has 7 heteroatoms. The molecule has 0 bridgehead atoms. The lowest BCUT2D eigenvalue weighted by Crippen LogP contribution is -2.38. The first-order chi connectivity index (χ1) is 13.0. The number of fused-ring (bicyclic) bond motifs is 2. The van der Waals surface area contributed by atoms with Gasteiger partial charge in [0.25, 0.3) is 0 Å². The highest BCUT2D eigenvalue weighted by molar-refractivity contribution is 6.31. The van der Waals surface area contributed by atoms with Crippen molar-refractivity contribution in [2.45, 2.75) is 31.3 Å². The van der Waals surface area contributed by atoms with Gasteiger partial charge in [0, 0.05) is 42.6 Å². The molecule has 1 aromatic heterocycles. The third-order valence-corrected chi connectivity index (χ3v) is 6.90. The minimum atomic E-state index is -0.907. The summed E-state index contributed by atoms with van der Waals surface area (Å²) >= 11 is 6.27. The van der Waals surface area contributed by atoms with Crippen LogP contribution < -0.4 is 0 Å². The van der Waals surface area contributed by atoms with Crippen molar-refractivity contribution in [1.82, 2.24) is 15.1 Å². The van der Waals surface area contributed by atoms with E-state index < -0.39 is 5.60 Å². The number of likely N-dealkylation sites (tertiary alicyclic amines) is 1. The van der Waals surface area contributed by atoms with Crippen molar-refractivity contribution in [2.24, 2.45) is 17.8 Å². The molecule has 144 valence electrons. The highest BCUT2D eigenvalue weighted by Gasteiger charge is 2.51. The molecule has 2 aromatic rings. The summed E-state index contributed by atoms with van der Waals surface area (Å²) in [5, 5.41) is 20.0. The second-order valence-electron chi connectivity index (χ2n) is 8.37. The van der Waals surface area contributed by atoms with Crippen LogP contribution in [-0.4, -0.2) is 52.4 Å². The Kier molecular flexibility index (Phi) is 4.18. The standard InChI is InChI=1S/C20H24ClN3O3/c21-15-5-17(16-9-22-23-18(16)6-15)20(26)7-13-10-24(11-14(13)8-20)19(25)12-1-3-27-4-2-12/h5-6,9,12-14,26H,1-4,7-8,10-11H2,(H,22,23)/t13-,14+,20?. The number of nitrogens with one attached hydrogen (secondary N) is 1. The number of carbonyl (C=O) groups excluding carboxylic acids is 1. The number of aromatic amines is 1. The first-order valence-corrected chi connectivity index (χ1v) is 10.1. The van der Waals surface area contributed by atoms with Gasteiger partial charge in [-0.25, -0.2) is 0 Å². The van der Waals surface area contributed by atoms with Crippen LogP contribution in [0, 0.1) is 17.8 Å². The molecule has 1 unspecified atom stereocenters. The molecule has 1 aliphatic carbocycles. The Morgan fingerprint density at radius 2 is 1.96 bits per heavy atom. The van der Waals surface area contributed by atoms with Gasteiger partial charge in [-0.3, -0.25) is 9.89 Å². The van der Waals surface area contributed by atoms with E-state index in [0.29, 0.717) is 42.9 Å². The summed E-state index contributed by atoms with van der Waals surface area (Å²) in [7, 11) is 0. The van der Waals surface area contributed by atoms with Gasteiger partial charge in [-0.15, -0.1) is 0 Å². The monoisotopic (exact) mass is 389 g/mol. The molecule has 1 amide bonds. The zero-order valence-corrected chi connectivity index (χ0v) is 15.9. The number of H-pyrrole nitrogens is 1. The van der Waals surface area contributed by atoms with E-state index in [0.717, 1.165) is 42.4 Å². The number of amides is 1. The molecular formula is C20H24ClN3O3. The van der Waals surface area contributed by atoms with Gasteiger partial charge in [-0.05, 0) is 55.2 Å². The smallest absolute Gasteiger partial charge is 0.225 e. The molecule has 27 heavy (non-hydrogen) atoms. The average Bonchev–Trinajstić information content (AvgIpc) is 3.34. The van der Waals surface area contributed by atoms with Crippen LogP contribution in [0.5, 0.6) is 0 Å². The Labute approximate surface area is 162 Å². The molecule has 2 aliphatic heterocycles. The lowest BCUT2D eigenvalue weighted by molar-refractivity contribution is -0.138. The van der Waals surface area contributed by atoms with Crippen molar-refractivity contribution >= 4 is 28.4 Å². The van der Waals surface area contributed by atoms with E-state index in [1.165, 1.54) is 0 Å². The Balaban J connectivity index is 1.34. The Morgan fingerprint density at radius 1 is 1.26 bits per heavy atom. The van der Waals surface area contributed by atoms with Crippen LogP contribution >= 0.6 is 11.6 Å². The van der Waals surface area contributed by atoms with Gasteiger partial charge in [-0.2, -0.15) is 5.10 Å². The Bertz CT molecular complexity index is 862. The molecule has 1 aromatic carbocycles. The van der Waals surface area contributed by atoms with Crippen molar-refractivity contribution in [3.05, 3.63) is 28.9 Å². The maximum Gasteiger partial charge on any atom is 0.225 e. The van der Waals surface area contributed by atoms with Gasteiger partial charge in [0.1, 0.15) is 0 Å². The summed E-state index contributed by atoms with van der Waals surface area (Å²) in [4.78, 5) is 14.8. The van der Waals surface area contributed by atoms with Gasteiger partial charge in [0.05, 0.1) is 17.3 Å². The summed E-state index contributed by atoms with van der Waals surface area (Å²) in [6.45, 7) is 2.87. The summed E-state index contributed by atoms with van der Waals surface area (Å²) in [6.07, 6.45) is 4.74. The molecule has 3 aliphatic rings. The van der Waals surface area contributed by atoms with E-state index in [1.807, 2.05) is 17.0 Å². The molecule has 3 atom stereocenters. The molecular weight excluding hydrogens is 366 g/mol. The normalized spacial score (nSPS) is 31.6. The molecule has 2 N–H and O–H groups in total. The van der Waals surface area contributed by atoms with Gasteiger partial charge in [0.2, 0.25) is 5.91 Å². The summed E-state index contributed by atoms with van der Waals surface area (Å²) in [5.74, 6) is 1.05. The average molecular weight is 390 g/mol. The molecule has 5 rings (SSSR count). The predicted molar refractivity (Wildman–Crippen MR) is 101 cm³/mol. The van der Waals surface area contributed by atoms with Gasteiger partial charge in [-0.1, -0.05) is 11.6 Å². The quantitative estimate of drug-likeness (QED) is 0.827. The van der Waals surface area contributed by atoms with Gasteiger partial charge in [0.15, 0.2) is 0 Å². The number of rotatable bonds is 2. The lowest BCUT2D eigenvalue weighted by atomic mass is 9.88. The van der Waals surface area contributed by atoms with Crippen LogP contribution in [0.3, 0.4) is 0 Å². The number of aliphatic hydroxyl groups is 1. The number of hydrogen-bond acceptors (Lipinski definition) is 4. The largest absolute Gasteiger partial charge is 0.385 e. The fourth-order valence-electron chi connectivity index (χ4n) is 5.36. The number of aromatic nitrogens is 2. The molecule has 3 heterocycles. The van der Waals surface area contributed by atoms with Crippen molar-refractivity contribution < 1.29 is 14.6 Å². The van der Waals surface area contributed by atoms with Crippen molar-refractivity contribution in [2.75, 3.05) is 26.3 Å². The summed E-state index contributed by atoms with van der Waals surface area (Å²) in [6, 6.07) is 3.70. The summed E-state index contributed by atoms with van der Waals surface area (Å²) < 4.78 is 5.38. The lowest BCUT2D eigenvalue weighted by Gasteiger charge is -2.29. The molecule has 2 saturated heterocycles. The zero-order valence-electron chi connectivity index (χ0n) is 15.2. The number of carbonyl (C=O) groups is 1. The number of benzene rings is 1. The van der Waals surface area contributed by atoms with Crippen LogP contribution in [-0.2, 0) is 15.1 Å². The zero-order chi connectivity index (χ0) is 18.6. The molecule has 0 radical (unpaired) electrons. The third-order valence-electron chi connectivity index (χ3n) is 6.68. The second kappa shape index (κ2) is 6.47. The van der Waals surface area contributed by atoms with Crippen LogP contribution in [0.25, 0.3) is 10.9 Å². The number of ether oxygens (including phenoxy) is 1. The number of hydrogen-bond donors (Lipinski definition) is 2. The van der Waals surface area contributed by atoms with E-state index >= 15 is 0 Å². The molecule has 3 fully saturated rings. The fraction of sp³-hybridized carbons (Fsp3) is 0.600. The van der Waals surface area contributed by atoms with E-state index in [1.54, 1.807) is 6.20 Å². The summed E-state index contributed by atoms with van der Waals surface area (Å²) in [5.41, 5.74) is 0.797. The highest BCUT2D eigenvalue weighted by atomic mass is 35.5. The Hall–Kier alpha value is -1.63. The van der Waals surface area contributed by atoms with Crippen molar-refractivity contribution in [1.29, 1.82) is 0 Å². The van der Waals surface area contributed by atoms with Gasteiger partial charge < -0.3 is 14.7 Å². The molecule has 1 saturated carbocycles. The van der Waals surface area contributed by atoms with E-state index in [-0.39, 0.29) is 11.8 Å². The van der Waals surface area contributed by atoms with Crippen LogP contribution in [0.4, 0.5) is 0 Å². The fourth-order valence-corrected chi connectivity index (χ4v) is 5.57. The third kappa shape index (κ3) is 2.94. The Morgan fingerprint density at radius 3 is 2.67 bits per heavy atom. The highest BCUT2D eigenvalue weighted by Crippen LogP contribution is 2.50. The van der Waals surface area contributed by atoms with E-state index in [2.05, 4.69) is 10.2 Å². The first-order valence-electron chi connectivity index (χ1n) is 9.75. The second-order valence-corrected chi connectivity index (χ2v) is 8.81. The minimum Gasteiger partial charge on any atom is -0.385 e. The van der Waals surface area contributed by atoms with E-state index in [9.17, 15) is 9.90 Å². The van der Waals surface area contributed by atoms with Gasteiger partial charge >= 0.3 is 0 Å². The maximum atomic E-state index is 12.8. The number of halogens is 1. The first kappa shape index (κ1) is 17.5. The van der Waals surface area contributed by atoms with Crippen LogP contribution in [0.15, 0.2) is 18.3 Å². The van der Waals surface area contributed by atoms with Crippen LogP contribution in [0.1, 0.15) is 31.2 Å². The SMILES string of the molecule is O=C(C1CCOCC1)N1C[C@@H]2CC(O)(c3cc(Cl)cc4[nH]ncc34)C[C@@H]2C1. The minimum absolute atomic E-state index is 0.106. The van der Waals surface area contributed by atoms with Crippen molar-refractivity contribution in [3.8, 4) is 0 Å². The number of nitrogens with zero attached hydrogens (tertiary/aromatic N) is 2. The van der Waals surface area contributed by atoms with Crippen LogP contribution in [0.2, 0.25) is 5.02 Å². The van der Waals surface area contributed by atoms with Crippen molar-refractivity contribution in [3.63, 3.8) is 0 Å². The molecule has 6 nitrogen and oxygen atoms in total.